The Kier molecular flexibility index (Phi) is 5.29. The average molecular weight is 286 g/mol. The van der Waals surface area contributed by atoms with Gasteiger partial charge in [-0.15, -0.1) is 0 Å². The van der Waals surface area contributed by atoms with Crippen LogP contribution < -0.4 is 10.5 Å². The zero-order valence-electron chi connectivity index (χ0n) is 10.2. The topological polar surface area (TPSA) is 35.2 Å². The molecule has 0 aromatic heterocycles. The quantitative estimate of drug-likeness (QED) is 0.901. The number of hydrogen-bond acceptors (Lipinski definition) is 2. The summed E-state index contributed by atoms with van der Waals surface area (Å²) in [4.78, 5) is 0. The third kappa shape index (κ3) is 3.80. The smallest absolute Gasteiger partial charge is 0.125 e. The predicted molar refractivity (Wildman–Crippen MR) is 72.0 cm³/mol. The van der Waals surface area contributed by atoms with Gasteiger partial charge in [-0.3, -0.25) is 0 Å². The summed E-state index contributed by atoms with van der Waals surface area (Å²) in [6, 6.07) is 4.17. The fourth-order valence-corrected chi connectivity index (χ4v) is 2.22. The van der Waals surface area contributed by atoms with Crippen LogP contribution in [0.2, 0.25) is 0 Å². The Hall–Kier alpha value is -0.540. The maximum atomic E-state index is 5.86. The molecule has 2 N–H and O–H groups in total. The Bertz CT molecular complexity index is 350. The Morgan fingerprint density at radius 3 is 2.62 bits per heavy atom. The van der Waals surface area contributed by atoms with Crippen molar-refractivity contribution in [3.63, 3.8) is 0 Å². The average Bonchev–Trinajstić information content (AvgIpc) is 2.16. The van der Waals surface area contributed by atoms with Crippen LogP contribution in [0.15, 0.2) is 16.6 Å². The van der Waals surface area contributed by atoms with Gasteiger partial charge in [-0.2, -0.15) is 0 Å². The molecule has 0 fully saturated rings. The zero-order valence-corrected chi connectivity index (χ0v) is 11.8. The molecule has 1 aromatic carbocycles. The molecule has 0 aliphatic carbocycles. The second-order valence-corrected chi connectivity index (χ2v) is 5.37. The van der Waals surface area contributed by atoms with Crippen molar-refractivity contribution in [3.8, 4) is 5.75 Å². The molecule has 0 bridgehead atoms. The van der Waals surface area contributed by atoms with Gasteiger partial charge in [0.25, 0.3) is 0 Å². The van der Waals surface area contributed by atoms with Crippen LogP contribution in [0.3, 0.4) is 0 Å². The number of ether oxygens (including phenoxy) is 1. The van der Waals surface area contributed by atoms with Gasteiger partial charge in [-0.25, -0.2) is 0 Å². The molecule has 2 nitrogen and oxygen atoms in total. The second kappa shape index (κ2) is 6.26. The second-order valence-electron chi connectivity index (χ2n) is 4.45. The number of halogens is 1. The van der Waals surface area contributed by atoms with Crippen molar-refractivity contribution in [2.24, 2.45) is 11.7 Å². The highest BCUT2D eigenvalue weighted by Crippen LogP contribution is 2.28. The lowest BCUT2D eigenvalue weighted by atomic mass is 10.1. The molecule has 0 aliphatic rings. The summed E-state index contributed by atoms with van der Waals surface area (Å²) in [5, 5.41) is 0. The van der Waals surface area contributed by atoms with Gasteiger partial charge in [-0.05, 0) is 49.1 Å². The third-order valence-corrected chi connectivity index (χ3v) is 2.75. The standard InChI is InChI=1S/C13H20BrNO/c1-9(2)8-16-13-10(3)6-12(14)7-11(13)4-5-15/h6-7,9H,4-5,8,15H2,1-3H3. The lowest BCUT2D eigenvalue weighted by molar-refractivity contribution is 0.267. The van der Waals surface area contributed by atoms with Crippen LogP contribution in [0, 0.1) is 12.8 Å². The molecule has 1 aromatic rings. The fourth-order valence-electron chi connectivity index (χ4n) is 1.60. The minimum atomic E-state index is 0.536. The number of aryl methyl sites for hydroxylation is 1. The SMILES string of the molecule is Cc1cc(Br)cc(CCN)c1OCC(C)C. The van der Waals surface area contributed by atoms with Crippen LogP contribution in [0.1, 0.15) is 25.0 Å². The van der Waals surface area contributed by atoms with Crippen LogP contribution in [0.4, 0.5) is 0 Å². The van der Waals surface area contributed by atoms with Gasteiger partial charge in [-0.1, -0.05) is 29.8 Å². The minimum absolute atomic E-state index is 0.536. The maximum Gasteiger partial charge on any atom is 0.125 e. The highest BCUT2D eigenvalue weighted by atomic mass is 79.9. The molecule has 1 rings (SSSR count). The first-order valence-corrected chi connectivity index (χ1v) is 6.45. The number of benzene rings is 1. The summed E-state index contributed by atoms with van der Waals surface area (Å²) >= 11 is 3.50. The van der Waals surface area contributed by atoms with Gasteiger partial charge in [0.15, 0.2) is 0 Å². The first-order valence-electron chi connectivity index (χ1n) is 5.66. The molecule has 3 heteroatoms. The number of rotatable bonds is 5. The molecule has 16 heavy (non-hydrogen) atoms. The van der Waals surface area contributed by atoms with Crippen molar-refractivity contribution in [1.82, 2.24) is 0 Å². The number of hydrogen-bond donors (Lipinski definition) is 1. The van der Waals surface area contributed by atoms with Gasteiger partial charge in [0.1, 0.15) is 5.75 Å². The molecule has 0 atom stereocenters. The number of nitrogens with two attached hydrogens (primary N) is 1. The van der Waals surface area contributed by atoms with E-state index in [2.05, 4.69) is 48.8 Å². The van der Waals surface area contributed by atoms with E-state index in [1.165, 1.54) is 11.1 Å². The fraction of sp³-hybridized carbons (Fsp3) is 0.538. The summed E-state index contributed by atoms with van der Waals surface area (Å²) < 4.78 is 6.95. The van der Waals surface area contributed by atoms with Gasteiger partial charge < -0.3 is 10.5 Å². The van der Waals surface area contributed by atoms with Gasteiger partial charge in [0.05, 0.1) is 6.61 Å². The molecule has 0 amide bonds. The molecule has 0 heterocycles. The summed E-state index contributed by atoms with van der Waals surface area (Å²) in [5.41, 5.74) is 7.97. The molecule has 0 unspecified atom stereocenters. The van der Waals surface area contributed by atoms with E-state index in [1.807, 2.05) is 0 Å². The van der Waals surface area contributed by atoms with Crippen molar-refractivity contribution in [1.29, 1.82) is 0 Å². The molecular weight excluding hydrogens is 266 g/mol. The monoisotopic (exact) mass is 285 g/mol. The first-order chi connectivity index (χ1) is 7.54. The van der Waals surface area contributed by atoms with E-state index in [1.54, 1.807) is 0 Å². The first kappa shape index (κ1) is 13.5. The normalized spacial score (nSPS) is 10.9. The van der Waals surface area contributed by atoms with Gasteiger partial charge >= 0.3 is 0 Å². The van der Waals surface area contributed by atoms with Crippen LogP contribution in [-0.4, -0.2) is 13.2 Å². The van der Waals surface area contributed by atoms with Crippen molar-refractivity contribution < 1.29 is 4.74 Å². The van der Waals surface area contributed by atoms with Crippen molar-refractivity contribution in [2.45, 2.75) is 27.2 Å². The largest absolute Gasteiger partial charge is 0.493 e. The van der Waals surface area contributed by atoms with Crippen molar-refractivity contribution in [2.75, 3.05) is 13.2 Å². The Balaban J connectivity index is 2.94. The van der Waals surface area contributed by atoms with Crippen LogP contribution >= 0.6 is 15.9 Å². The van der Waals surface area contributed by atoms with E-state index >= 15 is 0 Å². The van der Waals surface area contributed by atoms with E-state index in [9.17, 15) is 0 Å². The van der Waals surface area contributed by atoms with Gasteiger partial charge in [0.2, 0.25) is 0 Å². The highest BCUT2D eigenvalue weighted by Gasteiger charge is 2.09. The molecule has 0 spiro atoms. The van der Waals surface area contributed by atoms with E-state index in [0.29, 0.717) is 12.5 Å². The van der Waals surface area contributed by atoms with Crippen LogP contribution in [0.5, 0.6) is 5.75 Å². The van der Waals surface area contributed by atoms with E-state index in [0.717, 1.165) is 23.2 Å². The van der Waals surface area contributed by atoms with E-state index in [-0.39, 0.29) is 0 Å². The minimum Gasteiger partial charge on any atom is -0.493 e. The lowest BCUT2D eigenvalue weighted by Crippen LogP contribution is -2.10. The molecular formula is C13H20BrNO. The lowest BCUT2D eigenvalue weighted by Gasteiger charge is -2.16. The Labute approximate surface area is 106 Å². The van der Waals surface area contributed by atoms with Crippen LogP contribution in [-0.2, 0) is 6.42 Å². The van der Waals surface area contributed by atoms with Gasteiger partial charge in [0, 0.05) is 4.47 Å². The molecule has 90 valence electrons. The zero-order chi connectivity index (χ0) is 12.1. The Morgan fingerprint density at radius 1 is 1.38 bits per heavy atom. The highest BCUT2D eigenvalue weighted by molar-refractivity contribution is 9.10. The third-order valence-electron chi connectivity index (χ3n) is 2.29. The molecule has 0 saturated carbocycles. The van der Waals surface area contributed by atoms with Crippen molar-refractivity contribution in [3.05, 3.63) is 27.7 Å². The molecule has 0 saturated heterocycles. The summed E-state index contributed by atoms with van der Waals surface area (Å²) in [6.45, 7) is 7.77. The maximum absolute atomic E-state index is 5.86. The van der Waals surface area contributed by atoms with Crippen molar-refractivity contribution >= 4 is 15.9 Å². The predicted octanol–water partition coefficient (Wildman–Crippen LogP) is 3.29. The molecule has 0 radical (unpaired) electrons. The summed E-state index contributed by atoms with van der Waals surface area (Å²) in [6.07, 6.45) is 0.855. The summed E-state index contributed by atoms with van der Waals surface area (Å²) in [5.74, 6) is 1.54. The summed E-state index contributed by atoms with van der Waals surface area (Å²) in [7, 11) is 0. The van der Waals surface area contributed by atoms with Crippen LogP contribution in [0.25, 0.3) is 0 Å². The van der Waals surface area contributed by atoms with E-state index < -0.39 is 0 Å². The Morgan fingerprint density at radius 2 is 2.06 bits per heavy atom. The van der Waals surface area contributed by atoms with E-state index in [4.69, 9.17) is 10.5 Å². The molecule has 0 aliphatic heterocycles.